The Morgan fingerprint density at radius 2 is 2.05 bits per heavy atom. The molecule has 1 heterocycles. The minimum Gasteiger partial charge on any atom is -0.494 e. The largest absolute Gasteiger partial charge is 0.494 e. The first-order chi connectivity index (χ1) is 10.2. The van der Waals surface area contributed by atoms with Gasteiger partial charge in [-0.05, 0) is 56.5 Å². The van der Waals surface area contributed by atoms with Crippen LogP contribution in [0.2, 0.25) is 0 Å². The number of hydrogen-bond acceptors (Lipinski definition) is 3. The molecule has 0 saturated carbocycles. The van der Waals surface area contributed by atoms with Crippen LogP contribution < -0.4 is 10.1 Å². The number of likely N-dealkylation sites (tertiary alicyclic amines) is 1. The van der Waals surface area contributed by atoms with Crippen molar-refractivity contribution in [2.24, 2.45) is 5.92 Å². The SMILES string of the molecule is CCOc1cccc(CNC2CCN(CC(C)C)CC2)c1. The highest BCUT2D eigenvalue weighted by molar-refractivity contribution is 5.28. The molecule has 0 amide bonds. The predicted molar refractivity (Wildman–Crippen MR) is 88.8 cm³/mol. The van der Waals surface area contributed by atoms with Crippen LogP contribution in [0.5, 0.6) is 5.75 Å². The van der Waals surface area contributed by atoms with E-state index in [9.17, 15) is 0 Å². The van der Waals surface area contributed by atoms with Crippen molar-refractivity contribution in [3.8, 4) is 5.75 Å². The zero-order valence-electron chi connectivity index (χ0n) is 13.8. The third-order valence-corrected chi connectivity index (χ3v) is 4.02. The van der Waals surface area contributed by atoms with E-state index in [1.807, 2.05) is 13.0 Å². The van der Waals surface area contributed by atoms with Gasteiger partial charge in [0.2, 0.25) is 0 Å². The highest BCUT2D eigenvalue weighted by Crippen LogP contribution is 2.15. The van der Waals surface area contributed by atoms with Crippen molar-refractivity contribution in [1.82, 2.24) is 10.2 Å². The van der Waals surface area contributed by atoms with Crippen LogP contribution in [0.3, 0.4) is 0 Å². The monoisotopic (exact) mass is 290 g/mol. The van der Waals surface area contributed by atoms with E-state index in [2.05, 4.69) is 42.3 Å². The summed E-state index contributed by atoms with van der Waals surface area (Å²) in [7, 11) is 0. The number of rotatable bonds is 7. The van der Waals surface area contributed by atoms with Crippen LogP contribution in [-0.2, 0) is 6.54 Å². The molecule has 1 aromatic rings. The maximum atomic E-state index is 5.55. The molecule has 0 aliphatic carbocycles. The lowest BCUT2D eigenvalue weighted by atomic mass is 10.0. The van der Waals surface area contributed by atoms with Crippen LogP contribution in [0.25, 0.3) is 0 Å². The molecule has 3 nitrogen and oxygen atoms in total. The van der Waals surface area contributed by atoms with Gasteiger partial charge in [0.1, 0.15) is 5.75 Å². The third-order valence-electron chi connectivity index (χ3n) is 4.02. The van der Waals surface area contributed by atoms with Crippen molar-refractivity contribution >= 4 is 0 Å². The minimum absolute atomic E-state index is 0.657. The fourth-order valence-electron chi connectivity index (χ4n) is 3.01. The van der Waals surface area contributed by atoms with Crippen LogP contribution in [-0.4, -0.2) is 37.2 Å². The molecule has 1 saturated heterocycles. The first-order valence-corrected chi connectivity index (χ1v) is 8.35. The molecule has 0 spiro atoms. The van der Waals surface area contributed by atoms with Crippen molar-refractivity contribution in [2.45, 2.75) is 46.2 Å². The molecule has 1 fully saturated rings. The Morgan fingerprint density at radius 1 is 1.29 bits per heavy atom. The average molecular weight is 290 g/mol. The number of ether oxygens (including phenoxy) is 1. The Kier molecular flexibility index (Phi) is 6.52. The lowest BCUT2D eigenvalue weighted by Crippen LogP contribution is -2.43. The molecule has 0 radical (unpaired) electrons. The molecule has 0 atom stereocenters. The molecule has 1 aliphatic heterocycles. The summed E-state index contributed by atoms with van der Waals surface area (Å²) in [5, 5.41) is 3.70. The van der Waals surface area contributed by atoms with E-state index in [0.717, 1.165) is 24.8 Å². The zero-order valence-corrected chi connectivity index (χ0v) is 13.8. The minimum atomic E-state index is 0.657. The summed E-state index contributed by atoms with van der Waals surface area (Å²) < 4.78 is 5.55. The summed E-state index contributed by atoms with van der Waals surface area (Å²) in [6.45, 7) is 12.0. The van der Waals surface area contributed by atoms with Crippen LogP contribution in [0.4, 0.5) is 0 Å². The summed E-state index contributed by atoms with van der Waals surface area (Å²) in [5.74, 6) is 1.75. The van der Waals surface area contributed by atoms with Gasteiger partial charge in [0, 0.05) is 19.1 Å². The van der Waals surface area contributed by atoms with E-state index < -0.39 is 0 Å². The normalized spacial score (nSPS) is 17.3. The number of benzene rings is 1. The number of nitrogens with one attached hydrogen (secondary N) is 1. The third kappa shape index (κ3) is 5.68. The van der Waals surface area contributed by atoms with Crippen molar-refractivity contribution in [3.05, 3.63) is 29.8 Å². The van der Waals surface area contributed by atoms with Crippen molar-refractivity contribution in [3.63, 3.8) is 0 Å². The fraction of sp³-hybridized carbons (Fsp3) is 0.667. The van der Waals surface area contributed by atoms with Crippen molar-refractivity contribution in [1.29, 1.82) is 0 Å². The van der Waals surface area contributed by atoms with Gasteiger partial charge in [0.25, 0.3) is 0 Å². The van der Waals surface area contributed by atoms with Crippen LogP contribution >= 0.6 is 0 Å². The van der Waals surface area contributed by atoms with Gasteiger partial charge in [-0.2, -0.15) is 0 Å². The lowest BCUT2D eigenvalue weighted by Gasteiger charge is -2.33. The topological polar surface area (TPSA) is 24.5 Å². The fourth-order valence-corrected chi connectivity index (χ4v) is 3.01. The van der Waals surface area contributed by atoms with E-state index >= 15 is 0 Å². The predicted octanol–water partition coefficient (Wildman–Crippen LogP) is 3.30. The number of piperidine rings is 1. The van der Waals surface area contributed by atoms with Crippen LogP contribution in [0.1, 0.15) is 39.2 Å². The Balaban J connectivity index is 1.73. The maximum Gasteiger partial charge on any atom is 0.119 e. The number of hydrogen-bond donors (Lipinski definition) is 1. The van der Waals surface area contributed by atoms with E-state index in [4.69, 9.17) is 4.74 Å². The molecule has 0 aromatic heterocycles. The van der Waals surface area contributed by atoms with Crippen molar-refractivity contribution in [2.75, 3.05) is 26.2 Å². The summed E-state index contributed by atoms with van der Waals surface area (Å²) in [4.78, 5) is 2.60. The molecule has 1 N–H and O–H groups in total. The molecule has 21 heavy (non-hydrogen) atoms. The van der Waals surface area contributed by atoms with Gasteiger partial charge < -0.3 is 15.0 Å². The summed E-state index contributed by atoms with van der Waals surface area (Å²) >= 11 is 0. The second kappa shape index (κ2) is 8.40. The Bertz CT molecular complexity index is 411. The molecule has 2 rings (SSSR count). The van der Waals surface area contributed by atoms with Gasteiger partial charge in [-0.1, -0.05) is 26.0 Å². The highest BCUT2D eigenvalue weighted by atomic mass is 16.5. The van der Waals surface area contributed by atoms with Gasteiger partial charge in [0.15, 0.2) is 0 Å². The Morgan fingerprint density at radius 3 is 2.71 bits per heavy atom. The molecular weight excluding hydrogens is 260 g/mol. The van der Waals surface area contributed by atoms with Gasteiger partial charge in [-0.15, -0.1) is 0 Å². The van der Waals surface area contributed by atoms with E-state index in [1.54, 1.807) is 0 Å². The quantitative estimate of drug-likeness (QED) is 0.834. The summed E-state index contributed by atoms with van der Waals surface area (Å²) in [5.41, 5.74) is 1.31. The molecule has 0 bridgehead atoms. The first kappa shape index (κ1) is 16.3. The Labute approximate surface area is 129 Å². The van der Waals surface area contributed by atoms with Crippen molar-refractivity contribution < 1.29 is 4.74 Å². The standard InChI is InChI=1S/C18H30N2O/c1-4-21-18-7-5-6-16(12-18)13-19-17-8-10-20(11-9-17)14-15(2)3/h5-7,12,15,17,19H,4,8-11,13-14H2,1-3H3. The maximum absolute atomic E-state index is 5.55. The molecular formula is C18H30N2O. The summed E-state index contributed by atoms with van der Waals surface area (Å²) in [6.07, 6.45) is 2.52. The molecule has 3 heteroatoms. The van der Waals surface area contributed by atoms with E-state index in [0.29, 0.717) is 6.04 Å². The van der Waals surface area contributed by atoms with Gasteiger partial charge in [-0.25, -0.2) is 0 Å². The van der Waals surface area contributed by atoms with E-state index in [-0.39, 0.29) is 0 Å². The smallest absolute Gasteiger partial charge is 0.119 e. The molecule has 1 aliphatic rings. The summed E-state index contributed by atoms with van der Waals surface area (Å²) in [6, 6.07) is 9.07. The van der Waals surface area contributed by atoms with Crippen LogP contribution in [0, 0.1) is 5.92 Å². The Hall–Kier alpha value is -1.06. The number of nitrogens with zero attached hydrogens (tertiary/aromatic N) is 1. The van der Waals surface area contributed by atoms with Gasteiger partial charge >= 0.3 is 0 Å². The molecule has 118 valence electrons. The molecule has 1 aromatic carbocycles. The molecule has 0 unspecified atom stereocenters. The highest BCUT2D eigenvalue weighted by Gasteiger charge is 2.18. The van der Waals surface area contributed by atoms with E-state index in [1.165, 1.54) is 38.0 Å². The van der Waals surface area contributed by atoms with Crippen LogP contribution in [0.15, 0.2) is 24.3 Å². The van der Waals surface area contributed by atoms with Gasteiger partial charge in [0.05, 0.1) is 6.61 Å². The first-order valence-electron chi connectivity index (χ1n) is 8.35. The second-order valence-electron chi connectivity index (χ2n) is 6.43. The lowest BCUT2D eigenvalue weighted by molar-refractivity contribution is 0.179. The second-order valence-corrected chi connectivity index (χ2v) is 6.43. The zero-order chi connectivity index (χ0) is 15.1. The average Bonchev–Trinajstić information content (AvgIpc) is 2.47. The van der Waals surface area contributed by atoms with Gasteiger partial charge in [-0.3, -0.25) is 0 Å².